The first kappa shape index (κ1) is 19.2. The fourth-order valence-corrected chi connectivity index (χ4v) is 3.77. The van der Waals surface area contributed by atoms with E-state index < -0.39 is 39.2 Å². The molecule has 144 valence electrons. The number of amidine groups is 1. The average Bonchev–Trinajstić information content (AvgIpc) is 2.75. The smallest absolute Gasteiger partial charge is 0.339 e. The zero-order chi connectivity index (χ0) is 20.2. The van der Waals surface area contributed by atoms with E-state index in [9.17, 15) is 34.8 Å². The predicted molar refractivity (Wildman–Crippen MR) is 85.0 cm³/mol. The molecule has 4 nitrogen and oxygen atoms in total. The van der Waals surface area contributed by atoms with Crippen molar-refractivity contribution >= 4 is 21.5 Å². The molecule has 1 heterocycles. The van der Waals surface area contributed by atoms with Crippen LogP contribution in [-0.2, 0) is 22.4 Å². The maximum Gasteiger partial charge on any atom is 0.416 e. The van der Waals surface area contributed by atoms with Crippen molar-refractivity contribution in [3.8, 4) is 0 Å². The summed E-state index contributed by atoms with van der Waals surface area (Å²) in [4.78, 5) is -0.173. The van der Waals surface area contributed by atoms with Crippen molar-refractivity contribution < 1.29 is 34.8 Å². The van der Waals surface area contributed by atoms with Crippen molar-refractivity contribution in [2.24, 2.45) is 4.40 Å². The molecule has 0 aromatic heterocycles. The fraction of sp³-hybridized carbons (Fsp3) is 0.188. The minimum atomic E-state index is -5.02. The Hall–Kier alpha value is -2.56. The Balaban J connectivity index is 2.09. The van der Waals surface area contributed by atoms with E-state index in [-0.39, 0.29) is 22.4 Å². The highest BCUT2D eigenvalue weighted by Gasteiger charge is 2.37. The van der Waals surface area contributed by atoms with E-state index in [0.29, 0.717) is 17.7 Å². The standard InChI is InChI=1S/C16H10F6N2O2S/c1-8-2-3-12-13(4-8)27(25,26)24-14(12)23-11-6-9(15(17,18)19)5-10(7-11)16(20,21)22/h2-7H,1H3,(H,23,24). The molecule has 0 fully saturated rings. The summed E-state index contributed by atoms with van der Waals surface area (Å²) in [6.45, 7) is 1.63. The number of sulfonamides is 1. The summed E-state index contributed by atoms with van der Waals surface area (Å²) in [5.41, 5.74) is -2.96. The Kier molecular flexibility index (Phi) is 4.25. The van der Waals surface area contributed by atoms with Gasteiger partial charge in [-0.1, -0.05) is 6.07 Å². The van der Waals surface area contributed by atoms with Crippen molar-refractivity contribution in [1.29, 1.82) is 0 Å². The maximum absolute atomic E-state index is 12.9. The molecule has 11 heteroatoms. The van der Waals surface area contributed by atoms with E-state index in [0.717, 1.165) is 0 Å². The van der Waals surface area contributed by atoms with Crippen LogP contribution in [-0.4, -0.2) is 14.3 Å². The van der Waals surface area contributed by atoms with Crippen LogP contribution < -0.4 is 5.32 Å². The van der Waals surface area contributed by atoms with Crippen molar-refractivity contribution in [1.82, 2.24) is 0 Å². The Bertz CT molecular complexity index is 1020. The van der Waals surface area contributed by atoms with Crippen LogP contribution in [0.1, 0.15) is 22.3 Å². The van der Waals surface area contributed by atoms with Gasteiger partial charge in [0.05, 0.1) is 11.1 Å². The molecule has 27 heavy (non-hydrogen) atoms. The van der Waals surface area contributed by atoms with E-state index in [1.165, 1.54) is 12.1 Å². The molecule has 0 atom stereocenters. The Labute approximate surface area is 149 Å². The number of fused-ring (bicyclic) bond motifs is 1. The Morgan fingerprint density at radius 1 is 0.889 bits per heavy atom. The number of benzene rings is 2. The summed E-state index contributed by atoms with van der Waals surface area (Å²) in [5, 5.41) is 2.27. The van der Waals surface area contributed by atoms with Gasteiger partial charge in [-0.25, -0.2) is 0 Å². The number of anilines is 1. The third-order valence-electron chi connectivity index (χ3n) is 3.73. The second-order valence-electron chi connectivity index (χ2n) is 5.83. The molecule has 1 N–H and O–H groups in total. The van der Waals surface area contributed by atoms with Crippen molar-refractivity contribution in [2.45, 2.75) is 24.2 Å². The molecule has 0 bridgehead atoms. The summed E-state index contributed by atoms with van der Waals surface area (Å²) in [6, 6.07) is 5.13. The summed E-state index contributed by atoms with van der Waals surface area (Å²) in [6.07, 6.45) is -10.0. The Morgan fingerprint density at radius 2 is 1.44 bits per heavy atom. The van der Waals surface area contributed by atoms with Crippen LogP contribution in [0.3, 0.4) is 0 Å². The van der Waals surface area contributed by atoms with E-state index in [1.54, 1.807) is 13.0 Å². The van der Waals surface area contributed by atoms with Crippen LogP contribution in [0, 0.1) is 6.92 Å². The molecular weight excluding hydrogens is 398 g/mol. The number of aryl methyl sites for hydroxylation is 1. The molecular formula is C16H10F6N2O2S. The lowest BCUT2D eigenvalue weighted by atomic mass is 10.1. The zero-order valence-electron chi connectivity index (χ0n) is 13.4. The molecule has 0 saturated carbocycles. The van der Waals surface area contributed by atoms with Crippen molar-refractivity contribution in [3.63, 3.8) is 0 Å². The minimum Gasteiger partial charge on any atom is -0.339 e. The first-order valence-corrected chi connectivity index (χ1v) is 8.74. The van der Waals surface area contributed by atoms with Gasteiger partial charge in [0.15, 0.2) is 5.84 Å². The summed E-state index contributed by atoms with van der Waals surface area (Å²) in [5.74, 6) is -0.350. The molecule has 0 radical (unpaired) electrons. The van der Waals surface area contributed by atoms with Crippen LogP contribution in [0.5, 0.6) is 0 Å². The van der Waals surface area contributed by atoms with Crippen LogP contribution >= 0.6 is 0 Å². The van der Waals surface area contributed by atoms with Gasteiger partial charge in [-0.3, -0.25) is 0 Å². The highest BCUT2D eigenvalue weighted by Crippen LogP contribution is 2.38. The van der Waals surface area contributed by atoms with Crippen molar-refractivity contribution in [2.75, 3.05) is 5.32 Å². The molecule has 0 aliphatic carbocycles. The number of hydrogen-bond donors (Lipinski definition) is 1. The van der Waals surface area contributed by atoms with Gasteiger partial charge in [0.2, 0.25) is 0 Å². The number of rotatable bonds is 1. The SMILES string of the molecule is Cc1ccc2c(c1)S(=O)(=O)N=C2Nc1cc(C(F)(F)F)cc(C(F)(F)F)c1. The number of alkyl halides is 6. The van der Waals surface area contributed by atoms with E-state index >= 15 is 0 Å². The first-order valence-electron chi connectivity index (χ1n) is 7.30. The molecule has 2 aromatic rings. The van der Waals surface area contributed by atoms with E-state index in [2.05, 4.69) is 9.71 Å². The topological polar surface area (TPSA) is 58.5 Å². The van der Waals surface area contributed by atoms with Crippen LogP contribution in [0.25, 0.3) is 0 Å². The van der Waals surface area contributed by atoms with Crippen LogP contribution in [0.2, 0.25) is 0 Å². The largest absolute Gasteiger partial charge is 0.416 e. The average molecular weight is 408 g/mol. The van der Waals surface area contributed by atoms with Crippen LogP contribution in [0.4, 0.5) is 32.0 Å². The molecule has 2 aromatic carbocycles. The molecule has 0 amide bonds. The number of halogens is 6. The van der Waals surface area contributed by atoms with Gasteiger partial charge in [-0.15, -0.1) is 4.40 Å². The van der Waals surface area contributed by atoms with Gasteiger partial charge < -0.3 is 5.32 Å². The highest BCUT2D eigenvalue weighted by atomic mass is 32.2. The molecule has 1 aliphatic rings. The molecule has 1 aliphatic heterocycles. The van der Waals surface area contributed by atoms with E-state index in [4.69, 9.17) is 0 Å². The van der Waals surface area contributed by atoms with Crippen LogP contribution in [0.15, 0.2) is 45.7 Å². The van der Waals surface area contributed by atoms with Gasteiger partial charge in [0.25, 0.3) is 10.0 Å². The third kappa shape index (κ3) is 3.77. The van der Waals surface area contributed by atoms with Gasteiger partial charge in [-0.2, -0.15) is 34.8 Å². The van der Waals surface area contributed by atoms with E-state index in [1.807, 2.05) is 0 Å². The lowest BCUT2D eigenvalue weighted by Gasteiger charge is -2.15. The lowest BCUT2D eigenvalue weighted by molar-refractivity contribution is -0.143. The molecule has 0 spiro atoms. The predicted octanol–water partition coefficient (Wildman–Crippen LogP) is 4.59. The second-order valence-corrected chi connectivity index (χ2v) is 7.41. The lowest BCUT2D eigenvalue weighted by Crippen LogP contribution is -2.15. The molecule has 0 saturated heterocycles. The van der Waals surface area contributed by atoms with Gasteiger partial charge in [0, 0.05) is 11.3 Å². The first-order chi connectivity index (χ1) is 12.3. The third-order valence-corrected chi connectivity index (χ3v) is 5.05. The minimum absolute atomic E-state index is 0.0182. The van der Waals surface area contributed by atoms with Crippen molar-refractivity contribution in [3.05, 3.63) is 58.7 Å². The van der Waals surface area contributed by atoms with Gasteiger partial charge in [0.1, 0.15) is 4.90 Å². The quantitative estimate of drug-likeness (QED) is 0.702. The fourth-order valence-electron chi connectivity index (χ4n) is 2.51. The number of nitrogens with one attached hydrogen (secondary N) is 1. The van der Waals surface area contributed by atoms with Gasteiger partial charge in [-0.05, 0) is 42.8 Å². The normalized spacial score (nSPS) is 16.0. The molecule has 0 unspecified atom stereocenters. The van der Waals surface area contributed by atoms with Gasteiger partial charge >= 0.3 is 12.4 Å². The summed E-state index contributed by atoms with van der Waals surface area (Å²) in [7, 11) is -4.09. The monoisotopic (exact) mass is 408 g/mol. The maximum atomic E-state index is 12.9. The summed E-state index contributed by atoms with van der Waals surface area (Å²) < 4.78 is 105. The Morgan fingerprint density at radius 3 is 1.96 bits per heavy atom. The number of nitrogens with zero attached hydrogens (tertiary/aromatic N) is 1. The number of hydrogen-bond acceptors (Lipinski definition) is 3. The summed E-state index contributed by atoms with van der Waals surface area (Å²) >= 11 is 0. The highest BCUT2D eigenvalue weighted by molar-refractivity contribution is 7.90. The molecule has 3 rings (SSSR count). The second kappa shape index (κ2) is 5.98. The zero-order valence-corrected chi connectivity index (χ0v) is 14.2.